The molecule has 0 amide bonds. The van der Waals surface area contributed by atoms with Crippen molar-refractivity contribution in [1.82, 2.24) is 0 Å². The van der Waals surface area contributed by atoms with E-state index in [-0.39, 0.29) is 23.6 Å². The average molecular weight is 789 g/mol. The van der Waals surface area contributed by atoms with E-state index in [2.05, 4.69) is 0 Å². The van der Waals surface area contributed by atoms with Crippen LogP contribution in [0.15, 0.2) is 97.1 Å². The molecule has 4 aromatic rings. The summed E-state index contributed by atoms with van der Waals surface area (Å²) in [4.78, 5) is 24.6. The molecule has 8 heteroatoms. The molecule has 4 aromatic carbocycles. The van der Waals surface area contributed by atoms with Gasteiger partial charge in [-0.15, -0.1) is 0 Å². The summed E-state index contributed by atoms with van der Waals surface area (Å²) in [5.41, 5.74) is 4.92. The van der Waals surface area contributed by atoms with Crippen LogP contribution in [-0.4, -0.2) is 28.5 Å². The normalized spacial score (nSPS) is 11.1. The highest BCUT2D eigenvalue weighted by atomic mass is 32.2. The molecule has 0 aliphatic heterocycles. The second kappa shape index (κ2) is 27.1. The lowest BCUT2D eigenvalue weighted by Gasteiger charge is -2.07. The van der Waals surface area contributed by atoms with Crippen LogP contribution in [0.1, 0.15) is 112 Å². The van der Waals surface area contributed by atoms with Crippen LogP contribution in [-0.2, 0) is 35.3 Å². The highest BCUT2D eigenvalue weighted by Gasteiger charge is 2.08. The molecule has 0 atom stereocenters. The largest absolute Gasteiger partial charge is 0.427 e. The molecule has 0 unspecified atom stereocenters. The minimum Gasteiger partial charge on any atom is -0.427 e. The molecule has 4 rings (SSSR count). The third-order valence-electron chi connectivity index (χ3n) is 9.57. The Morgan fingerprint density at radius 2 is 0.673 bits per heavy atom. The van der Waals surface area contributed by atoms with Gasteiger partial charge in [0.05, 0.1) is 12.8 Å². The van der Waals surface area contributed by atoms with Crippen LogP contribution in [0.3, 0.4) is 0 Å². The summed E-state index contributed by atoms with van der Waals surface area (Å²) in [7, 11) is 0. The topological polar surface area (TPSA) is 52.6 Å². The van der Waals surface area contributed by atoms with Crippen LogP contribution in [0.4, 0.5) is 8.78 Å². The van der Waals surface area contributed by atoms with Gasteiger partial charge in [-0.1, -0.05) is 99.9 Å². The lowest BCUT2D eigenvalue weighted by Crippen LogP contribution is -2.09. The number of esters is 2. The molecule has 0 fully saturated rings. The van der Waals surface area contributed by atoms with Gasteiger partial charge in [0, 0.05) is 16.6 Å². The number of hydrogen-bond acceptors (Lipinski definition) is 6. The fourth-order valence-electron chi connectivity index (χ4n) is 6.33. The van der Waals surface area contributed by atoms with Gasteiger partial charge in [0.15, 0.2) is 0 Å². The summed E-state index contributed by atoms with van der Waals surface area (Å²) in [6.45, 7) is 0. The van der Waals surface area contributed by atoms with Crippen molar-refractivity contribution in [3.63, 3.8) is 0 Å². The molecular weight excluding hydrogens is 731 g/mol. The molecule has 4 nitrogen and oxygen atoms in total. The van der Waals surface area contributed by atoms with Crippen molar-refractivity contribution in [3.8, 4) is 11.5 Å². The second-order valence-electron chi connectivity index (χ2n) is 14.2. The molecule has 296 valence electrons. The zero-order valence-electron chi connectivity index (χ0n) is 32.3. The Labute approximate surface area is 336 Å². The Balaban J connectivity index is 0.919. The molecule has 0 saturated heterocycles. The van der Waals surface area contributed by atoms with Crippen LogP contribution in [0, 0.1) is 11.6 Å². The Hall–Kier alpha value is -3.62. The molecule has 0 heterocycles. The maximum absolute atomic E-state index is 13.0. The number of benzene rings is 4. The number of halogens is 2. The third kappa shape index (κ3) is 20.2. The monoisotopic (exact) mass is 788 g/mol. The van der Waals surface area contributed by atoms with Gasteiger partial charge >= 0.3 is 11.9 Å². The number of unbranched alkanes of at least 4 members (excludes halogenated alkanes) is 10. The van der Waals surface area contributed by atoms with Crippen LogP contribution >= 0.6 is 23.5 Å². The van der Waals surface area contributed by atoms with Gasteiger partial charge in [0.25, 0.3) is 0 Å². The van der Waals surface area contributed by atoms with Gasteiger partial charge in [-0.25, -0.2) is 8.78 Å². The van der Waals surface area contributed by atoms with Gasteiger partial charge in [0.1, 0.15) is 23.1 Å². The first-order chi connectivity index (χ1) is 26.9. The van der Waals surface area contributed by atoms with Crippen molar-refractivity contribution in [1.29, 1.82) is 0 Å². The molecule has 0 spiro atoms. The maximum atomic E-state index is 13.0. The van der Waals surface area contributed by atoms with E-state index in [1.54, 1.807) is 23.5 Å². The van der Waals surface area contributed by atoms with Gasteiger partial charge < -0.3 is 9.47 Å². The number of ether oxygens (including phenoxy) is 2. The number of carbonyl (C=O) groups is 2. The smallest absolute Gasteiger partial charge is 0.312 e. The molecule has 55 heavy (non-hydrogen) atoms. The van der Waals surface area contributed by atoms with Crippen LogP contribution in [0.2, 0.25) is 0 Å². The van der Waals surface area contributed by atoms with E-state index in [9.17, 15) is 18.4 Å². The van der Waals surface area contributed by atoms with E-state index in [0.717, 1.165) is 56.5 Å². The van der Waals surface area contributed by atoms with Gasteiger partial charge in [-0.2, -0.15) is 23.5 Å². The standard InChI is InChI=1S/C47H58F2O4S2/c48-42-25-17-38(18-26-42)13-9-5-1-3-7-11-15-40-21-29-44(30-22-40)52-46(50)33-35-54-37-55-36-34-47(51)53-45-31-23-41(24-32-45)16-12-8-4-2-6-10-14-39-19-27-43(49)28-20-39/h17-32H,1-16,33-37H2. The van der Waals surface area contributed by atoms with E-state index in [1.807, 2.05) is 72.8 Å². The minimum absolute atomic E-state index is 0.175. The summed E-state index contributed by atoms with van der Waals surface area (Å²) < 4.78 is 37.1. The van der Waals surface area contributed by atoms with E-state index < -0.39 is 0 Å². The Morgan fingerprint density at radius 3 is 0.982 bits per heavy atom. The molecule has 0 radical (unpaired) electrons. The zero-order chi connectivity index (χ0) is 38.8. The number of carbonyl (C=O) groups excluding carboxylic acids is 2. The predicted octanol–water partition coefficient (Wildman–Crippen LogP) is 12.9. The van der Waals surface area contributed by atoms with Gasteiger partial charge in [-0.3, -0.25) is 9.59 Å². The molecule has 0 aliphatic carbocycles. The van der Waals surface area contributed by atoms with E-state index >= 15 is 0 Å². The second-order valence-corrected chi connectivity index (χ2v) is 16.7. The van der Waals surface area contributed by atoms with Crippen molar-refractivity contribution in [2.45, 2.75) is 116 Å². The molecular formula is C47H58F2O4S2. The number of thioether (sulfide) groups is 2. The summed E-state index contributed by atoms with van der Waals surface area (Å²) in [6.07, 6.45) is 19.1. The van der Waals surface area contributed by atoms with Crippen LogP contribution in [0.5, 0.6) is 11.5 Å². The first-order valence-electron chi connectivity index (χ1n) is 20.2. The van der Waals surface area contributed by atoms with E-state index in [4.69, 9.17) is 9.47 Å². The predicted molar refractivity (Wildman–Crippen MR) is 226 cm³/mol. The van der Waals surface area contributed by atoms with Crippen molar-refractivity contribution < 1.29 is 27.8 Å². The van der Waals surface area contributed by atoms with Crippen molar-refractivity contribution in [2.75, 3.05) is 16.6 Å². The summed E-state index contributed by atoms with van der Waals surface area (Å²) in [6, 6.07) is 29.3. The van der Waals surface area contributed by atoms with Crippen LogP contribution < -0.4 is 9.47 Å². The summed E-state index contributed by atoms with van der Waals surface area (Å²) in [5.74, 6) is 1.70. The maximum Gasteiger partial charge on any atom is 0.312 e. The Kier molecular flexibility index (Phi) is 21.7. The van der Waals surface area contributed by atoms with Crippen LogP contribution in [0.25, 0.3) is 0 Å². The lowest BCUT2D eigenvalue weighted by atomic mass is 10.0. The van der Waals surface area contributed by atoms with Crippen molar-refractivity contribution >= 4 is 35.5 Å². The van der Waals surface area contributed by atoms with Crippen molar-refractivity contribution in [2.24, 2.45) is 0 Å². The fraction of sp³-hybridized carbons (Fsp3) is 0.447. The molecule has 0 bridgehead atoms. The number of rotatable bonds is 28. The number of aryl methyl sites for hydroxylation is 4. The molecule has 0 saturated carbocycles. The van der Waals surface area contributed by atoms with E-state index in [0.29, 0.717) is 35.8 Å². The van der Waals surface area contributed by atoms with Crippen molar-refractivity contribution in [3.05, 3.63) is 131 Å². The average Bonchev–Trinajstić information content (AvgIpc) is 3.19. The Morgan fingerprint density at radius 1 is 0.400 bits per heavy atom. The first-order valence-corrected chi connectivity index (χ1v) is 22.5. The highest BCUT2D eigenvalue weighted by molar-refractivity contribution is 8.15. The highest BCUT2D eigenvalue weighted by Crippen LogP contribution is 2.20. The molecule has 0 aliphatic rings. The Bertz CT molecular complexity index is 1510. The SMILES string of the molecule is O=C(CCSCSCCC(=O)Oc1ccc(CCCCCCCCc2ccc(F)cc2)cc1)Oc1ccc(CCCCCCCCc2ccc(F)cc2)cc1. The number of hydrogen-bond donors (Lipinski definition) is 0. The fourth-order valence-corrected chi connectivity index (χ4v) is 8.37. The quantitative estimate of drug-likeness (QED) is 0.0247. The van der Waals surface area contributed by atoms with Gasteiger partial charge in [-0.05, 0) is 122 Å². The lowest BCUT2D eigenvalue weighted by molar-refractivity contribution is -0.134. The summed E-state index contributed by atoms with van der Waals surface area (Å²) in [5, 5.41) is 0.802. The summed E-state index contributed by atoms with van der Waals surface area (Å²) >= 11 is 3.34. The zero-order valence-corrected chi connectivity index (χ0v) is 33.9. The van der Waals surface area contributed by atoms with E-state index in [1.165, 1.54) is 97.9 Å². The minimum atomic E-state index is -0.231. The molecule has 0 N–H and O–H groups in total. The van der Waals surface area contributed by atoms with Gasteiger partial charge in [0.2, 0.25) is 0 Å². The third-order valence-corrected chi connectivity index (χ3v) is 11.9. The first kappa shape index (κ1) is 44.1. The molecule has 0 aromatic heterocycles.